The number of hydrogen-bond acceptors (Lipinski definition) is 6. The summed E-state index contributed by atoms with van der Waals surface area (Å²) in [6.45, 7) is 0.225. The topological polar surface area (TPSA) is 162 Å². The van der Waals surface area contributed by atoms with E-state index in [4.69, 9.17) is 21.0 Å². The number of nitrogens with two attached hydrogens (primary N) is 1. The van der Waals surface area contributed by atoms with Gasteiger partial charge in [0.25, 0.3) is 5.97 Å². The van der Waals surface area contributed by atoms with Crippen molar-refractivity contribution in [2.24, 2.45) is 5.73 Å². The Bertz CT molecular complexity index is 1400. The van der Waals surface area contributed by atoms with Gasteiger partial charge in [-0.3, -0.25) is 24.7 Å². The van der Waals surface area contributed by atoms with Crippen LogP contribution in [0.4, 0.5) is 0 Å². The summed E-state index contributed by atoms with van der Waals surface area (Å²) in [4.78, 5) is 35.4. The van der Waals surface area contributed by atoms with Crippen molar-refractivity contribution in [3.05, 3.63) is 77.9 Å². The highest BCUT2D eigenvalue weighted by atomic mass is 32.2. The number of hydrogen-bond donors (Lipinski definition) is 3. The van der Waals surface area contributed by atoms with Crippen LogP contribution in [0.15, 0.2) is 71.6 Å². The highest BCUT2D eigenvalue weighted by molar-refractivity contribution is 7.89. The molecule has 0 aromatic heterocycles. The number of amides is 2. The molecule has 11 heteroatoms. The molecule has 1 fully saturated rings. The molecular formula is C24H24N4O6S. The number of fused-ring (bicyclic) bond motifs is 1. The number of carbonyl (C=O) groups is 3. The van der Waals surface area contributed by atoms with E-state index in [1.54, 1.807) is 42.5 Å². The molecule has 0 aliphatic carbocycles. The predicted molar refractivity (Wildman–Crippen MR) is 129 cm³/mol. The van der Waals surface area contributed by atoms with Gasteiger partial charge in [0.15, 0.2) is 0 Å². The molecule has 10 nitrogen and oxygen atoms in total. The zero-order valence-corrected chi connectivity index (χ0v) is 19.7. The van der Waals surface area contributed by atoms with Crippen LogP contribution in [0.2, 0.25) is 0 Å². The van der Waals surface area contributed by atoms with Gasteiger partial charge in [-0.2, -0.15) is 4.31 Å². The summed E-state index contributed by atoms with van der Waals surface area (Å²) in [7, 11) is -4.01. The number of imide groups is 1. The summed E-state index contributed by atoms with van der Waals surface area (Å²) in [5, 5.41) is 16.6. The van der Waals surface area contributed by atoms with Crippen LogP contribution >= 0.6 is 0 Å². The van der Waals surface area contributed by atoms with Crippen LogP contribution in [0.3, 0.4) is 0 Å². The molecule has 0 bridgehead atoms. The smallest absolute Gasteiger partial charge is 0.300 e. The van der Waals surface area contributed by atoms with E-state index >= 15 is 0 Å². The molecule has 0 unspecified atom stereocenters. The number of nitrogen functional groups attached to an aromatic ring is 1. The lowest BCUT2D eigenvalue weighted by Crippen LogP contribution is -2.55. The Hall–Kier alpha value is -4.09. The van der Waals surface area contributed by atoms with Crippen LogP contribution in [0.5, 0.6) is 0 Å². The van der Waals surface area contributed by atoms with Crippen molar-refractivity contribution in [1.29, 1.82) is 5.41 Å². The number of sulfonamides is 1. The molecule has 182 valence electrons. The maximum absolute atomic E-state index is 13.1. The molecule has 1 aliphatic heterocycles. The van der Waals surface area contributed by atoms with Crippen molar-refractivity contribution >= 4 is 44.4 Å². The maximum atomic E-state index is 13.1. The van der Waals surface area contributed by atoms with E-state index < -0.39 is 40.9 Å². The Morgan fingerprint density at radius 1 is 0.971 bits per heavy atom. The van der Waals surface area contributed by atoms with Crippen molar-refractivity contribution in [3.8, 4) is 0 Å². The standard InChI is InChI=1S/C22H20N4O4S.C2H4O2/c23-22(24)18-7-3-4-15(10-18)12-26-20(27)13-25(14-21(26)28)31(29,30)19-9-8-16-5-1-2-6-17(16)11-19;1-2(3)4/h1-11H,12-14H2,(H3,23,24);1H3,(H,3,4). The number of aliphatic carboxylic acids is 1. The van der Waals surface area contributed by atoms with Crippen molar-refractivity contribution < 1.29 is 27.9 Å². The average molecular weight is 497 g/mol. The minimum atomic E-state index is -4.01. The van der Waals surface area contributed by atoms with Crippen molar-refractivity contribution in [1.82, 2.24) is 9.21 Å². The quantitative estimate of drug-likeness (QED) is 0.275. The van der Waals surface area contributed by atoms with E-state index in [0.717, 1.165) is 26.9 Å². The zero-order valence-electron chi connectivity index (χ0n) is 18.8. The van der Waals surface area contributed by atoms with Gasteiger partial charge in [0.05, 0.1) is 24.5 Å². The molecule has 3 aromatic carbocycles. The summed E-state index contributed by atoms with van der Waals surface area (Å²) in [5.41, 5.74) is 6.60. The SMILES string of the molecule is CC(=O)O.N=C(N)c1cccc(CN2C(=O)CN(S(=O)(=O)c3ccc4ccccc4c3)CC2=O)c1. The third kappa shape index (κ3) is 6.08. The fourth-order valence-electron chi connectivity index (χ4n) is 3.51. The molecule has 0 spiro atoms. The Kier molecular flexibility index (Phi) is 7.62. The molecule has 3 aromatic rings. The molecule has 35 heavy (non-hydrogen) atoms. The van der Waals surface area contributed by atoms with Gasteiger partial charge in [0, 0.05) is 12.5 Å². The van der Waals surface area contributed by atoms with Crippen LogP contribution in [-0.4, -0.2) is 59.4 Å². The van der Waals surface area contributed by atoms with E-state index in [-0.39, 0.29) is 17.3 Å². The molecule has 1 saturated heterocycles. The highest BCUT2D eigenvalue weighted by Crippen LogP contribution is 2.24. The predicted octanol–water partition coefficient (Wildman–Crippen LogP) is 1.77. The number of carboxylic acids is 1. The summed E-state index contributed by atoms with van der Waals surface area (Å²) in [6, 6.07) is 18.7. The summed E-state index contributed by atoms with van der Waals surface area (Å²) < 4.78 is 27.1. The Morgan fingerprint density at radius 2 is 1.57 bits per heavy atom. The fraction of sp³-hybridized carbons (Fsp3) is 0.167. The Balaban J connectivity index is 0.000000795. The lowest BCUT2D eigenvalue weighted by atomic mass is 10.1. The lowest BCUT2D eigenvalue weighted by Gasteiger charge is -2.32. The molecule has 2 amide bonds. The van der Waals surface area contributed by atoms with Crippen molar-refractivity contribution in [2.75, 3.05) is 13.1 Å². The van der Waals surface area contributed by atoms with Gasteiger partial charge < -0.3 is 10.8 Å². The van der Waals surface area contributed by atoms with Crippen LogP contribution in [0.1, 0.15) is 18.1 Å². The minimum Gasteiger partial charge on any atom is -0.481 e. The van der Waals surface area contributed by atoms with E-state index in [2.05, 4.69) is 0 Å². The maximum Gasteiger partial charge on any atom is 0.300 e. The lowest BCUT2D eigenvalue weighted by molar-refractivity contribution is -0.149. The monoisotopic (exact) mass is 496 g/mol. The second-order valence-electron chi connectivity index (χ2n) is 7.79. The fourth-order valence-corrected chi connectivity index (χ4v) is 4.89. The van der Waals surface area contributed by atoms with Crippen LogP contribution in [0.25, 0.3) is 10.8 Å². The van der Waals surface area contributed by atoms with Crippen LogP contribution in [-0.2, 0) is 31.0 Å². The van der Waals surface area contributed by atoms with Gasteiger partial charge in [-0.15, -0.1) is 0 Å². The Labute approximate surface area is 202 Å². The first kappa shape index (κ1) is 25.5. The molecule has 4 rings (SSSR count). The highest BCUT2D eigenvalue weighted by Gasteiger charge is 2.37. The number of nitrogens with zero attached hydrogens (tertiary/aromatic N) is 2. The first-order chi connectivity index (χ1) is 16.5. The van der Waals surface area contributed by atoms with Gasteiger partial charge >= 0.3 is 0 Å². The summed E-state index contributed by atoms with van der Waals surface area (Å²) in [5.74, 6) is -2.16. The van der Waals surface area contributed by atoms with Gasteiger partial charge in [-0.05, 0) is 34.5 Å². The van der Waals surface area contributed by atoms with Crippen LogP contribution in [0, 0.1) is 5.41 Å². The normalized spacial score (nSPS) is 14.4. The number of carbonyl (C=O) groups excluding carboxylic acids is 2. The Morgan fingerprint density at radius 3 is 2.17 bits per heavy atom. The van der Waals surface area contributed by atoms with Crippen molar-refractivity contribution in [2.45, 2.75) is 18.4 Å². The van der Waals surface area contributed by atoms with Crippen LogP contribution < -0.4 is 5.73 Å². The molecular weight excluding hydrogens is 472 g/mol. The van der Waals surface area contributed by atoms with E-state index in [1.807, 2.05) is 18.2 Å². The van der Waals surface area contributed by atoms with Gasteiger partial charge in [0.1, 0.15) is 5.84 Å². The molecule has 1 aliphatic rings. The molecule has 0 atom stereocenters. The minimum absolute atomic E-state index is 0.0113. The first-order valence-electron chi connectivity index (χ1n) is 10.4. The third-order valence-corrected chi connectivity index (χ3v) is 6.95. The van der Waals surface area contributed by atoms with E-state index in [0.29, 0.717) is 11.1 Å². The van der Waals surface area contributed by atoms with E-state index in [9.17, 15) is 18.0 Å². The number of rotatable bonds is 5. The third-order valence-electron chi connectivity index (χ3n) is 5.16. The van der Waals surface area contributed by atoms with Gasteiger partial charge in [-0.1, -0.05) is 48.5 Å². The van der Waals surface area contributed by atoms with Gasteiger partial charge in [-0.25, -0.2) is 8.42 Å². The number of piperazine rings is 1. The summed E-state index contributed by atoms with van der Waals surface area (Å²) >= 11 is 0. The largest absolute Gasteiger partial charge is 0.481 e. The molecule has 4 N–H and O–H groups in total. The second-order valence-corrected chi connectivity index (χ2v) is 9.73. The summed E-state index contributed by atoms with van der Waals surface area (Å²) in [6.07, 6.45) is 0. The zero-order chi connectivity index (χ0) is 25.8. The van der Waals surface area contributed by atoms with Gasteiger partial charge in [0.2, 0.25) is 21.8 Å². The number of benzene rings is 3. The first-order valence-corrected chi connectivity index (χ1v) is 11.9. The number of amidine groups is 1. The van der Waals surface area contributed by atoms with E-state index in [1.165, 1.54) is 6.07 Å². The molecule has 0 saturated carbocycles. The number of carboxylic acid groups (broad SMARTS) is 1. The second kappa shape index (κ2) is 10.5. The molecule has 1 heterocycles. The molecule has 0 radical (unpaired) electrons. The van der Waals surface area contributed by atoms with Crippen molar-refractivity contribution in [3.63, 3.8) is 0 Å². The number of nitrogens with one attached hydrogen (secondary N) is 1. The average Bonchev–Trinajstić information content (AvgIpc) is 2.80.